The first kappa shape index (κ1) is 32.5. The standard InChI is InChI=1S/C34H31FN8O4/c35-28-11-4-1-8-23(28)18-19-38-33(45)34(22-25-9-2-5-12-29(25)40-42-36)31(27-10-3-6-13-30(27)41-43-37)47-32(39-34)24-14-16-26(17-15-24)46-21-7-20-44/h1-6,8-17,31,44H,7,18-22H2,(H,38,45)/t31-,34-/m1/s1. The van der Waals surface area contributed by atoms with Gasteiger partial charge in [-0.15, -0.1) is 0 Å². The molecule has 0 aliphatic carbocycles. The number of halogens is 1. The summed E-state index contributed by atoms with van der Waals surface area (Å²) in [6, 6.07) is 26.9. The third kappa shape index (κ3) is 7.51. The highest BCUT2D eigenvalue weighted by atomic mass is 19.1. The van der Waals surface area contributed by atoms with E-state index in [1.807, 2.05) is 0 Å². The number of ether oxygens (including phenoxy) is 2. The second-order valence-corrected chi connectivity index (χ2v) is 10.6. The summed E-state index contributed by atoms with van der Waals surface area (Å²) in [5, 5.41) is 19.7. The van der Waals surface area contributed by atoms with Gasteiger partial charge in [-0.05, 0) is 58.9 Å². The molecule has 5 rings (SSSR count). The molecule has 0 saturated heterocycles. The number of carbonyl (C=O) groups excluding carboxylic acids is 1. The third-order valence-electron chi connectivity index (χ3n) is 7.64. The molecular weight excluding hydrogens is 603 g/mol. The summed E-state index contributed by atoms with van der Waals surface area (Å²) >= 11 is 0. The number of azide groups is 2. The highest BCUT2D eigenvalue weighted by Crippen LogP contribution is 2.46. The van der Waals surface area contributed by atoms with Crippen molar-refractivity contribution < 1.29 is 23.8 Å². The Labute approximate surface area is 269 Å². The van der Waals surface area contributed by atoms with E-state index in [2.05, 4.69) is 25.4 Å². The molecule has 1 amide bonds. The Kier molecular flexibility index (Phi) is 10.7. The van der Waals surface area contributed by atoms with E-state index >= 15 is 0 Å². The Morgan fingerprint density at radius 2 is 1.60 bits per heavy atom. The number of carbonyl (C=O) groups is 1. The van der Waals surface area contributed by atoms with Gasteiger partial charge in [0.1, 0.15) is 11.6 Å². The maximum absolute atomic E-state index is 14.5. The van der Waals surface area contributed by atoms with E-state index in [-0.39, 0.29) is 43.4 Å². The fraction of sp³-hybridized carbons (Fsp3) is 0.235. The van der Waals surface area contributed by atoms with Gasteiger partial charge in [-0.3, -0.25) is 4.79 Å². The molecule has 12 nitrogen and oxygen atoms in total. The van der Waals surface area contributed by atoms with E-state index in [0.717, 1.165) is 0 Å². The van der Waals surface area contributed by atoms with E-state index in [9.17, 15) is 20.2 Å². The van der Waals surface area contributed by atoms with E-state index < -0.39 is 17.6 Å². The minimum Gasteiger partial charge on any atom is -0.494 e. The van der Waals surface area contributed by atoms with Gasteiger partial charge in [-0.25, -0.2) is 9.38 Å². The molecule has 0 radical (unpaired) electrons. The van der Waals surface area contributed by atoms with Crippen LogP contribution in [0.2, 0.25) is 0 Å². The molecule has 1 aliphatic heterocycles. The first-order chi connectivity index (χ1) is 23.0. The molecule has 1 aliphatic rings. The fourth-order valence-electron chi connectivity index (χ4n) is 5.37. The second-order valence-electron chi connectivity index (χ2n) is 10.6. The molecule has 238 valence electrons. The number of hydrogen-bond donors (Lipinski definition) is 2. The Morgan fingerprint density at radius 3 is 2.32 bits per heavy atom. The van der Waals surface area contributed by atoms with Crippen molar-refractivity contribution in [2.24, 2.45) is 15.2 Å². The van der Waals surface area contributed by atoms with Crippen molar-refractivity contribution in [2.45, 2.75) is 30.9 Å². The number of rotatable bonds is 14. The quantitative estimate of drug-likeness (QED) is 0.0639. The maximum atomic E-state index is 14.5. The highest BCUT2D eigenvalue weighted by Gasteiger charge is 2.54. The summed E-state index contributed by atoms with van der Waals surface area (Å²) in [7, 11) is 0. The number of nitrogens with zero attached hydrogens (tertiary/aromatic N) is 7. The van der Waals surface area contributed by atoms with Crippen molar-refractivity contribution in [1.82, 2.24) is 5.32 Å². The lowest BCUT2D eigenvalue weighted by atomic mass is 9.81. The van der Waals surface area contributed by atoms with Crippen molar-refractivity contribution in [3.8, 4) is 5.75 Å². The van der Waals surface area contributed by atoms with Crippen LogP contribution in [0.3, 0.4) is 0 Å². The molecule has 0 fully saturated rings. The van der Waals surface area contributed by atoms with Gasteiger partial charge in [0.2, 0.25) is 5.90 Å². The number of aliphatic imine (C=N–C) groups is 1. The molecule has 47 heavy (non-hydrogen) atoms. The van der Waals surface area contributed by atoms with Crippen LogP contribution in [0.25, 0.3) is 20.9 Å². The molecule has 4 aromatic rings. The molecule has 13 heteroatoms. The van der Waals surface area contributed by atoms with Crippen LogP contribution in [0.5, 0.6) is 5.75 Å². The van der Waals surface area contributed by atoms with Gasteiger partial charge < -0.3 is 19.9 Å². The molecule has 4 aromatic carbocycles. The van der Waals surface area contributed by atoms with Crippen LogP contribution >= 0.6 is 0 Å². The molecule has 0 aromatic heterocycles. The van der Waals surface area contributed by atoms with Gasteiger partial charge in [-0.1, -0.05) is 77.0 Å². The zero-order valence-corrected chi connectivity index (χ0v) is 25.2. The van der Waals surface area contributed by atoms with E-state index in [0.29, 0.717) is 46.7 Å². The lowest BCUT2D eigenvalue weighted by Crippen LogP contribution is -2.50. The van der Waals surface area contributed by atoms with Crippen molar-refractivity contribution in [3.63, 3.8) is 0 Å². The van der Waals surface area contributed by atoms with Crippen LogP contribution in [-0.2, 0) is 22.4 Å². The predicted molar refractivity (Wildman–Crippen MR) is 174 cm³/mol. The van der Waals surface area contributed by atoms with Gasteiger partial charge >= 0.3 is 0 Å². The van der Waals surface area contributed by atoms with Crippen LogP contribution in [-0.4, -0.2) is 42.2 Å². The summed E-state index contributed by atoms with van der Waals surface area (Å²) in [4.78, 5) is 25.4. The number of amides is 1. The number of hydrogen-bond acceptors (Lipinski definition) is 7. The molecule has 0 saturated carbocycles. The third-order valence-corrected chi connectivity index (χ3v) is 7.64. The topological polar surface area (TPSA) is 178 Å². The smallest absolute Gasteiger partial charge is 0.252 e. The van der Waals surface area contributed by atoms with Gasteiger partial charge in [0.15, 0.2) is 11.6 Å². The van der Waals surface area contributed by atoms with Gasteiger partial charge in [-0.2, -0.15) is 0 Å². The normalized spacial score (nSPS) is 16.6. The maximum Gasteiger partial charge on any atom is 0.252 e. The average molecular weight is 635 g/mol. The summed E-state index contributed by atoms with van der Waals surface area (Å²) < 4.78 is 26.6. The predicted octanol–water partition coefficient (Wildman–Crippen LogP) is 7.33. The van der Waals surface area contributed by atoms with E-state index in [1.54, 1.807) is 91.0 Å². The number of aliphatic hydroxyl groups excluding tert-OH is 1. The number of nitrogens with one attached hydrogen (secondary N) is 1. The number of aliphatic hydroxyl groups is 1. The minimum absolute atomic E-state index is 0.00861. The van der Waals surface area contributed by atoms with Gasteiger partial charge in [0, 0.05) is 58.3 Å². The van der Waals surface area contributed by atoms with Gasteiger partial charge in [0.25, 0.3) is 5.91 Å². The first-order valence-electron chi connectivity index (χ1n) is 14.9. The van der Waals surface area contributed by atoms with Crippen LogP contribution in [0.4, 0.5) is 15.8 Å². The van der Waals surface area contributed by atoms with Crippen LogP contribution in [0.15, 0.2) is 112 Å². The SMILES string of the molecule is [N-]=[N+]=Nc1ccccc1C[C@@]1(C(=O)NCCc2ccccc2F)N=C(c2ccc(OCCCO)cc2)O[C@@H]1c1ccccc1N=[N+]=[N-]. The molecule has 2 N–H and O–H groups in total. The molecule has 1 heterocycles. The van der Waals surface area contributed by atoms with E-state index in [1.165, 1.54) is 6.07 Å². The van der Waals surface area contributed by atoms with Crippen molar-refractivity contribution in [2.75, 3.05) is 19.8 Å². The van der Waals surface area contributed by atoms with Crippen LogP contribution < -0.4 is 10.1 Å². The zero-order valence-electron chi connectivity index (χ0n) is 25.2. The summed E-state index contributed by atoms with van der Waals surface area (Å²) in [6.45, 7) is 0.440. The second kappa shape index (κ2) is 15.4. The molecule has 0 spiro atoms. The van der Waals surface area contributed by atoms with Gasteiger partial charge in [0.05, 0.1) is 6.61 Å². The monoisotopic (exact) mass is 634 g/mol. The molecule has 0 bridgehead atoms. The number of benzene rings is 4. The van der Waals surface area contributed by atoms with E-state index in [4.69, 9.17) is 19.6 Å². The average Bonchev–Trinajstić information content (AvgIpc) is 3.47. The van der Waals surface area contributed by atoms with Crippen molar-refractivity contribution in [3.05, 3.63) is 146 Å². The zero-order chi connectivity index (χ0) is 33.1. The molecule has 0 unspecified atom stereocenters. The van der Waals surface area contributed by atoms with Crippen molar-refractivity contribution in [1.29, 1.82) is 0 Å². The lowest BCUT2D eigenvalue weighted by molar-refractivity contribution is -0.128. The van der Waals surface area contributed by atoms with Crippen LogP contribution in [0, 0.1) is 5.82 Å². The Hall–Kier alpha value is -5.87. The summed E-state index contributed by atoms with van der Waals surface area (Å²) in [5.74, 6) is -0.178. The van der Waals surface area contributed by atoms with Crippen LogP contribution in [0.1, 0.15) is 34.8 Å². The summed E-state index contributed by atoms with van der Waals surface area (Å²) in [6.07, 6.45) is -0.448. The highest BCUT2D eigenvalue weighted by molar-refractivity contribution is 6.01. The first-order valence-corrected chi connectivity index (χ1v) is 14.9. The Bertz CT molecular complexity index is 1860. The molecular formula is C34H31FN8O4. The lowest BCUT2D eigenvalue weighted by Gasteiger charge is -2.31. The minimum atomic E-state index is -1.69. The summed E-state index contributed by atoms with van der Waals surface area (Å²) in [5.41, 5.74) is 19.4. The van der Waals surface area contributed by atoms with Crippen molar-refractivity contribution >= 4 is 23.2 Å². The fourth-order valence-corrected chi connectivity index (χ4v) is 5.37. The Morgan fingerprint density at radius 1 is 0.936 bits per heavy atom. The molecule has 2 atom stereocenters. The largest absolute Gasteiger partial charge is 0.494 e. The Balaban J connectivity index is 1.61.